The number of fused-ring (bicyclic) bond motifs is 6. The third-order valence-corrected chi connectivity index (χ3v) is 20.0. The Kier molecular flexibility index (Phi) is 13.4. The highest BCUT2D eigenvalue weighted by atomic mass is 16.5. The monoisotopic (exact) mass is 1070 g/mol. The van der Waals surface area contributed by atoms with Gasteiger partial charge in [-0.25, -0.2) is 0 Å². The molecule has 0 atom stereocenters. The van der Waals surface area contributed by atoms with Crippen LogP contribution in [0.5, 0.6) is 11.5 Å². The second-order valence-electron chi connectivity index (χ2n) is 25.1. The van der Waals surface area contributed by atoms with E-state index in [-0.39, 0.29) is 0 Å². The number of ether oxygens (including phenoxy) is 2. The molecule has 0 aliphatic rings. The normalized spacial score (nSPS) is 12.7. The fourth-order valence-electron chi connectivity index (χ4n) is 16.1. The summed E-state index contributed by atoms with van der Waals surface area (Å²) in [5.74, 6) is 1.75. The van der Waals surface area contributed by atoms with Gasteiger partial charge >= 0.3 is 0 Å². The van der Waals surface area contributed by atoms with Crippen molar-refractivity contribution in [2.45, 2.75) is 155 Å². The minimum Gasteiger partial charge on any atom is -0.497 e. The van der Waals surface area contributed by atoms with Crippen LogP contribution >= 0.6 is 0 Å². The molecule has 0 fully saturated rings. The van der Waals surface area contributed by atoms with Gasteiger partial charge < -0.3 is 9.47 Å². The zero-order chi connectivity index (χ0) is 55.0. The Labute approximate surface area is 483 Å². The molecule has 0 unspecified atom stereocenters. The molecule has 0 saturated heterocycles. The van der Waals surface area contributed by atoms with Crippen molar-refractivity contribution >= 4 is 129 Å². The van der Waals surface area contributed by atoms with Gasteiger partial charge in [0.25, 0.3) is 0 Å². The van der Waals surface area contributed by atoms with E-state index in [0.717, 1.165) is 24.3 Å². The summed E-state index contributed by atoms with van der Waals surface area (Å²) in [7, 11) is 3.52. The van der Waals surface area contributed by atoms with Gasteiger partial charge in [-0.15, -0.1) is 0 Å². The van der Waals surface area contributed by atoms with E-state index in [1.165, 1.54) is 291 Å². The molecule has 0 aliphatic carbocycles. The molecule has 0 spiro atoms. The van der Waals surface area contributed by atoms with Gasteiger partial charge in [0.1, 0.15) is 11.5 Å². The molecule has 0 amide bonds. The predicted molar refractivity (Wildman–Crippen MR) is 359 cm³/mol. The van der Waals surface area contributed by atoms with Crippen LogP contribution in [0, 0.1) is 0 Å². The molecule has 0 N–H and O–H groups in total. The Bertz CT molecular complexity index is 4410. The molecule has 0 heterocycles. The standard InChI is InChI=1S/C80H78O2/c1-5-7-9-11-13-15-17-19-21-23-27-49-41-61-57-29-25-31-59-65-45-53(51-33-37-55(81-3)38-34-51)47-67-68-48-54(52-35-39-56(82-4)40-36-52)46-66-60-32-26-30-58-62-42-50(28-24-22-20-18-16-14-12-10-8-6-2)44-64-63(43-49)71(61)77-75(69(57)59)79(73(65)67)80(74(66)68)76(70(58)60)78(77)72(62)64/h25-26,29-48H,5-24,27-28H2,1-4H3. The zero-order valence-electron chi connectivity index (χ0n) is 49.1. The van der Waals surface area contributed by atoms with Crippen molar-refractivity contribution in [3.8, 4) is 33.8 Å². The highest BCUT2D eigenvalue weighted by molar-refractivity contribution is 6.61. The number of hydrogen-bond acceptors (Lipinski definition) is 2. The fraction of sp³-hybridized carbons (Fsp3) is 0.325. The number of aryl methyl sites for hydroxylation is 2. The minimum atomic E-state index is 0.873. The Morgan fingerprint density at radius 1 is 0.232 bits per heavy atom. The summed E-state index contributed by atoms with van der Waals surface area (Å²) < 4.78 is 11.4. The average molecular weight is 1070 g/mol. The minimum absolute atomic E-state index is 0.873. The molecule has 2 nitrogen and oxygen atoms in total. The van der Waals surface area contributed by atoms with Crippen molar-refractivity contribution in [1.82, 2.24) is 0 Å². The zero-order valence-corrected chi connectivity index (χ0v) is 49.1. The first-order valence-electron chi connectivity index (χ1n) is 32.1. The molecule has 0 aromatic heterocycles. The van der Waals surface area contributed by atoms with Crippen LogP contribution in [0.1, 0.15) is 153 Å². The highest BCUT2D eigenvalue weighted by Crippen LogP contribution is 2.61. The first-order valence-corrected chi connectivity index (χ1v) is 32.1. The number of methoxy groups -OCH3 is 2. The number of rotatable bonds is 26. The lowest BCUT2D eigenvalue weighted by molar-refractivity contribution is 0.415. The van der Waals surface area contributed by atoms with Gasteiger partial charge in [-0.2, -0.15) is 0 Å². The van der Waals surface area contributed by atoms with E-state index in [1.54, 1.807) is 14.2 Å². The van der Waals surface area contributed by atoms with Crippen LogP contribution in [0.15, 0.2) is 133 Å². The van der Waals surface area contributed by atoms with Crippen molar-refractivity contribution in [3.63, 3.8) is 0 Å². The van der Waals surface area contributed by atoms with E-state index in [9.17, 15) is 0 Å². The lowest BCUT2D eigenvalue weighted by Gasteiger charge is -2.30. The third kappa shape index (κ3) is 8.23. The van der Waals surface area contributed by atoms with E-state index < -0.39 is 0 Å². The molecule has 0 aliphatic heterocycles. The van der Waals surface area contributed by atoms with Gasteiger partial charge in [0, 0.05) is 0 Å². The van der Waals surface area contributed by atoms with Crippen LogP contribution in [-0.2, 0) is 12.8 Å². The first-order chi connectivity index (χ1) is 40.6. The third-order valence-electron chi connectivity index (χ3n) is 20.0. The maximum absolute atomic E-state index is 5.72. The van der Waals surface area contributed by atoms with Gasteiger partial charge in [-0.3, -0.25) is 0 Å². The van der Waals surface area contributed by atoms with Crippen LogP contribution < -0.4 is 9.47 Å². The van der Waals surface area contributed by atoms with Crippen LogP contribution in [-0.4, -0.2) is 14.2 Å². The Morgan fingerprint density at radius 3 is 0.768 bits per heavy atom. The van der Waals surface area contributed by atoms with Crippen LogP contribution in [0.3, 0.4) is 0 Å². The van der Waals surface area contributed by atoms with E-state index in [1.807, 2.05) is 0 Å². The topological polar surface area (TPSA) is 18.5 Å². The second-order valence-corrected chi connectivity index (χ2v) is 25.1. The van der Waals surface area contributed by atoms with Gasteiger partial charge in [0.15, 0.2) is 0 Å². The molecule has 15 rings (SSSR count). The molecule has 2 heteroatoms. The van der Waals surface area contributed by atoms with Crippen molar-refractivity contribution in [2.75, 3.05) is 14.2 Å². The molecule has 0 saturated carbocycles. The van der Waals surface area contributed by atoms with Gasteiger partial charge in [-0.05, 0) is 237 Å². The maximum Gasteiger partial charge on any atom is 0.118 e. The van der Waals surface area contributed by atoms with Gasteiger partial charge in [0.2, 0.25) is 0 Å². The summed E-state index contributed by atoms with van der Waals surface area (Å²) in [6, 6.07) is 52.9. The summed E-state index contributed by atoms with van der Waals surface area (Å²) >= 11 is 0. The van der Waals surface area contributed by atoms with E-state index in [2.05, 4.69) is 147 Å². The molecule has 410 valence electrons. The summed E-state index contributed by atoms with van der Waals surface area (Å²) in [5, 5.41) is 34.0. The average Bonchev–Trinajstić information content (AvgIpc) is 0.941. The molecule has 82 heavy (non-hydrogen) atoms. The Hall–Kier alpha value is -7.42. The molecule has 0 radical (unpaired) electrons. The van der Waals surface area contributed by atoms with Crippen molar-refractivity contribution in [1.29, 1.82) is 0 Å². The largest absolute Gasteiger partial charge is 0.497 e. The molecule has 15 aromatic rings. The smallest absolute Gasteiger partial charge is 0.118 e. The van der Waals surface area contributed by atoms with E-state index in [0.29, 0.717) is 0 Å². The second kappa shape index (κ2) is 21.4. The summed E-state index contributed by atoms with van der Waals surface area (Å²) in [4.78, 5) is 0. The molecule has 15 aromatic carbocycles. The molecular weight excluding hydrogens is 993 g/mol. The highest BCUT2D eigenvalue weighted by Gasteiger charge is 2.32. The number of unbranched alkanes of at least 4 members (excludes halogenated alkanes) is 18. The lowest BCUT2D eigenvalue weighted by atomic mass is 9.72. The summed E-state index contributed by atoms with van der Waals surface area (Å²) in [6.07, 6.45) is 29.3. The summed E-state index contributed by atoms with van der Waals surface area (Å²) in [6.45, 7) is 4.64. The van der Waals surface area contributed by atoms with Crippen molar-refractivity contribution in [2.24, 2.45) is 0 Å². The number of benzene rings is 15. The lowest BCUT2D eigenvalue weighted by Crippen LogP contribution is -2.01. The van der Waals surface area contributed by atoms with E-state index in [4.69, 9.17) is 9.47 Å². The maximum atomic E-state index is 5.72. The first kappa shape index (κ1) is 51.5. The Balaban J connectivity index is 1.01. The SMILES string of the molecule is CCCCCCCCCCCCc1cc2c3cccc4c5cc(-c6ccc(OC)cc6)cc6c7cc(-c8ccc(OC)cc8)cc8c9cccc%10c%11cc(CCCCCCCCCCCC)cc%12c(c1)c2c1c(c34)c(c56)c(c87)c(c%109)c1c%11%12. The fourth-order valence-corrected chi connectivity index (χ4v) is 16.1. The van der Waals surface area contributed by atoms with Gasteiger partial charge in [-0.1, -0.05) is 214 Å². The quantitative estimate of drug-likeness (QED) is 0.0306. The van der Waals surface area contributed by atoms with Crippen LogP contribution in [0.25, 0.3) is 152 Å². The van der Waals surface area contributed by atoms with Crippen molar-refractivity contribution in [3.05, 3.63) is 145 Å². The summed E-state index contributed by atoms with van der Waals surface area (Å²) in [5.41, 5.74) is 7.84. The van der Waals surface area contributed by atoms with Crippen LogP contribution in [0.4, 0.5) is 0 Å². The molecule has 0 bridgehead atoms. The number of hydrogen-bond donors (Lipinski definition) is 0. The van der Waals surface area contributed by atoms with E-state index >= 15 is 0 Å². The molecular formula is C80H78O2. The van der Waals surface area contributed by atoms with Crippen molar-refractivity contribution < 1.29 is 9.47 Å². The van der Waals surface area contributed by atoms with Crippen LogP contribution in [0.2, 0.25) is 0 Å². The van der Waals surface area contributed by atoms with Gasteiger partial charge in [0.05, 0.1) is 14.2 Å². The Morgan fingerprint density at radius 2 is 0.476 bits per heavy atom. The predicted octanol–water partition coefficient (Wildman–Crippen LogP) is 24.4.